The topological polar surface area (TPSA) is 64.7 Å². The molecule has 1 saturated carbocycles. The molecule has 1 aliphatic carbocycles. The Morgan fingerprint density at radius 1 is 1.12 bits per heavy atom. The summed E-state index contributed by atoms with van der Waals surface area (Å²) in [4.78, 5) is 13.1. The molecule has 2 heterocycles. The zero-order valence-corrected chi connectivity index (χ0v) is 9.76. The molecule has 17 heavy (non-hydrogen) atoms. The van der Waals surface area contributed by atoms with Gasteiger partial charge in [0.1, 0.15) is 5.69 Å². The molecular weight excluding hydrogens is 212 g/mol. The Bertz CT molecular complexity index is 491. The molecule has 3 rings (SSSR count). The average Bonchev–Trinajstić information content (AvgIpc) is 2.61. The maximum Gasteiger partial charge on any atom is 0.221 e. The van der Waals surface area contributed by atoms with Gasteiger partial charge in [-0.15, -0.1) is 0 Å². The Morgan fingerprint density at radius 3 is 2.76 bits per heavy atom. The lowest BCUT2D eigenvalue weighted by Crippen LogP contribution is -2.07. The van der Waals surface area contributed by atoms with Gasteiger partial charge in [0, 0.05) is 12.1 Å². The first-order valence-corrected chi connectivity index (χ1v) is 6.23. The Hall–Kier alpha value is -1.71. The predicted octanol–water partition coefficient (Wildman–Crippen LogP) is 2.61. The van der Waals surface area contributed by atoms with Gasteiger partial charge in [-0.2, -0.15) is 0 Å². The van der Waals surface area contributed by atoms with Crippen LogP contribution in [0.5, 0.6) is 0 Å². The SMILES string of the molecule is Nc1nc2cccnc(C3CCCCC3)c-2n1. The number of nitrogen functional groups attached to an aromatic ring is 1. The Labute approximate surface area is 101 Å². The maximum atomic E-state index is 5.68. The molecule has 0 aromatic rings. The first-order valence-electron chi connectivity index (χ1n) is 6.23. The number of imidazole rings is 1. The number of hydrogen-bond donors (Lipinski definition) is 1. The number of nitrogens with zero attached hydrogens (tertiary/aromatic N) is 3. The number of nitrogens with two attached hydrogens (primary N) is 1. The van der Waals surface area contributed by atoms with E-state index >= 15 is 0 Å². The van der Waals surface area contributed by atoms with Gasteiger partial charge in [-0.1, -0.05) is 19.3 Å². The lowest BCUT2D eigenvalue weighted by atomic mass is 9.86. The minimum absolute atomic E-state index is 0.352. The average molecular weight is 228 g/mol. The van der Waals surface area contributed by atoms with E-state index in [4.69, 9.17) is 5.73 Å². The highest BCUT2D eigenvalue weighted by Gasteiger charge is 2.23. The highest BCUT2D eigenvalue weighted by molar-refractivity contribution is 5.62. The van der Waals surface area contributed by atoms with Gasteiger partial charge in [-0.05, 0) is 25.0 Å². The van der Waals surface area contributed by atoms with Crippen LogP contribution >= 0.6 is 0 Å². The fraction of sp³-hybridized carbons (Fsp3) is 0.462. The summed E-state index contributed by atoms with van der Waals surface area (Å²) in [5.74, 6) is 0.875. The fourth-order valence-corrected chi connectivity index (χ4v) is 2.67. The Balaban J connectivity index is 2.07. The van der Waals surface area contributed by atoms with Crippen LogP contribution in [-0.2, 0) is 0 Å². The molecule has 0 unspecified atom stereocenters. The van der Waals surface area contributed by atoms with Gasteiger partial charge in [0.25, 0.3) is 0 Å². The normalized spacial score (nSPS) is 17.4. The van der Waals surface area contributed by atoms with Gasteiger partial charge in [-0.25, -0.2) is 9.97 Å². The third-order valence-electron chi connectivity index (χ3n) is 3.49. The van der Waals surface area contributed by atoms with Crippen molar-refractivity contribution in [3.8, 4) is 11.4 Å². The predicted molar refractivity (Wildman–Crippen MR) is 66.7 cm³/mol. The summed E-state index contributed by atoms with van der Waals surface area (Å²) in [6, 6.07) is 3.83. The Kier molecular flexibility index (Phi) is 2.63. The minimum atomic E-state index is 0.352. The highest BCUT2D eigenvalue weighted by atomic mass is 15.0. The van der Waals surface area contributed by atoms with Gasteiger partial charge in [-0.3, -0.25) is 4.98 Å². The van der Waals surface area contributed by atoms with E-state index in [0.717, 1.165) is 17.1 Å². The van der Waals surface area contributed by atoms with Gasteiger partial charge >= 0.3 is 0 Å². The van der Waals surface area contributed by atoms with E-state index in [-0.39, 0.29) is 0 Å². The largest absolute Gasteiger partial charge is 0.368 e. The molecule has 0 aromatic heterocycles. The van der Waals surface area contributed by atoms with E-state index in [1.807, 2.05) is 18.3 Å². The summed E-state index contributed by atoms with van der Waals surface area (Å²) in [6.07, 6.45) is 8.17. The van der Waals surface area contributed by atoms with E-state index in [9.17, 15) is 0 Å². The van der Waals surface area contributed by atoms with Crippen molar-refractivity contribution in [3.63, 3.8) is 0 Å². The van der Waals surface area contributed by atoms with Crippen molar-refractivity contribution in [2.24, 2.45) is 0 Å². The number of fused-ring (bicyclic) bond motifs is 1. The number of hydrogen-bond acceptors (Lipinski definition) is 4. The molecule has 0 saturated heterocycles. The van der Waals surface area contributed by atoms with Crippen LogP contribution in [0.15, 0.2) is 18.3 Å². The summed E-state index contributed by atoms with van der Waals surface area (Å²) in [6.45, 7) is 0. The second-order valence-corrected chi connectivity index (χ2v) is 4.67. The molecule has 0 amide bonds. The van der Waals surface area contributed by atoms with Crippen LogP contribution in [0.1, 0.15) is 43.7 Å². The van der Waals surface area contributed by atoms with Crippen LogP contribution in [0, 0.1) is 0 Å². The number of anilines is 1. The summed E-state index contributed by atoms with van der Waals surface area (Å²) < 4.78 is 0. The molecule has 2 aliphatic heterocycles. The second-order valence-electron chi connectivity index (χ2n) is 4.67. The van der Waals surface area contributed by atoms with Crippen molar-refractivity contribution in [1.82, 2.24) is 15.0 Å². The van der Waals surface area contributed by atoms with Crippen LogP contribution < -0.4 is 5.73 Å². The molecule has 0 atom stereocenters. The molecule has 0 radical (unpaired) electrons. The lowest BCUT2D eigenvalue weighted by Gasteiger charge is -2.20. The summed E-state index contributed by atoms with van der Waals surface area (Å²) in [5.41, 5.74) is 8.51. The van der Waals surface area contributed by atoms with Crippen molar-refractivity contribution in [1.29, 1.82) is 0 Å². The first-order chi connectivity index (χ1) is 8.34. The van der Waals surface area contributed by atoms with Gasteiger partial charge < -0.3 is 5.73 Å². The van der Waals surface area contributed by atoms with Crippen LogP contribution in [0.2, 0.25) is 0 Å². The first kappa shape index (κ1) is 10.4. The lowest BCUT2D eigenvalue weighted by molar-refractivity contribution is 0.437. The zero-order valence-electron chi connectivity index (χ0n) is 9.76. The highest BCUT2D eigenvalue weighted by Crippen LogP contribution is 2.36. The Morgan fingerprint density at radius 2 is 1.94 bits per heavy atom. The van der Waals surface area contributed by atoms with Gasteiger partial charge in [0.2, 0.25) is 5.95 Å². The molecule has 1 fully saturated rings. The number of aromatic nitrogens is 3. The summed E-state index contributed by atoms with van der Waals surface area (Å²) >= 11 is 0. The third kappa shape index (κ3) is 1.95. The van der Waals surface area contributed by atoms with Crippen molar-refractivity contribution in [3.05, 3.63) is 24.0 Å². The van der Waals surface area contributed by atoms with E-state index in [2.05, 4.69) is 15.0 Å². The van der Waals surface area contributed by atoms with Crippen molar-refractivity contribution >= 4 is 5.95 Å². The molecule has 3 aliphatic rings. The molecule has 0 spiro atoms. The molecule has 88 valence electrons. The summed E-state index contributed by atoms with van der Waals surface area (Å²) in [7, 11) is 0. The van der Waals surface area contributed by atoms with Crippen LogP contribution in [0.4, 0.5) is 5.95 Å². The standard InChI is InChI=1S/C13H16N4/c14-13-16-10-7-4-8-15-11(12(10)17-13)9-5-2-1-3-6-9/h4,7-9H,1-3,5-6H2,(H2,14,16,17). The van der Waals surface area contributed by atoms with Crippen molar-refractivity contribution < 1.29 is 0 Å². The monoisotopic (exact) mass is 228 g/mol. The fourth-order valence-electron chi connectivity index (χ4n) is 2.67. The van der Waals surface area contributed by atoms with Crippen molar-refractivity contribution in [2.75, 3.05) is 5.73 Å². The molecule has 2 N–H and O–H groups in total. The zero-order chi connectivity index (χ0) is 11.7. The molecule has 0 aromatic carbocycles. The molecular formula is C13H16N4. The molecule has 4 nitrogen and oxygen atoms in total. The smallest absolute Gasteiger partial charge is 0.221 e. The maximum absolute atomic E-state index is 5.68. The molecule has 4 heteroatoms. The third-order valence-corrected chi connectivity index (χ3v) is 3.49. The molecule has 0 bridgehead atoms. The number of rotatable bonds is 1. The van der Waals surface area contributed by atoms with E-state index in [0.29, 0.717) is 11.9 Å². The minimum Gasteiger partial charge on any atom is -0.368 e. The van der Waals surface area contributed by atoms with E-state index in [1.54, 1.807) is 0 Å². The van der Waals surface area contributed by atoms with Crippen LogP contribution in [0.25, 0.3) is 11.4 Å². The van der Waals surface area contributed by atoms with Crippen LogP contribution in [-0.4, -0.2) is 15.0 Å². The second kappa shape index (κ2) is 4.28. The quantitative estimate of drug-likeness (QED) is 0.814. The summed E-state index contributed by atoms with van der Waals surface area (Å²) in [5, 5.41) is 0. The van der Waals surface area contributed by atoms with E-state index < -0.39 is 0 Å². The van der Waals surface area contributed by atoms with Crippen LogP contribution in [0.3, 0.4) is 0 Å². The van der Waals surface area contributed by atoms with Gasteiger partial charge in [0.05, 0.1) is 11.4 Å². The van der Waals surface area contributed by atoms with E-state index in [1.165, 1.54) is 32.1 Å². The van der Waals surface area contributed by atoms with Crippen molar-refractivity contribution in [2.45, 2.75) is 38.0 Å². The van der Waals surface area contributed by atoms with Gasteiger partial charge in [0.15, 0.2) is 0 Å².